The van der Waals surface area contributed by atoms with E-state index in [1.807, 2.05) is 0 Å². The molecule has 0 atom stereocenters. The number of nitrogens with zero attached hydrogens (tertiary/aromatic N) is 2. The summed E-state index contributed by atoms with van der Waals surface area (Å²) >= 11 is 5.80. The first-order valence-corrected chi connectivity index (χ1v) is 15.1. The average molecular weight is 511 g/mol. The van der Waals surface area contributed by atoms with Gasteiger partial charge in [-0.15, -0.1) is 0 Å². The summed E-state index contributed by atoms with van der Waals surface area (Å²) in [6.45, 7) is 8.25. The minimum absolute atomic E-state index is 0.496. The fourth-order valence-corrected chi connectivity index (χ4v) is 8.17. The van der Waals surface area contributed by atoms with E-state index in [0.717, 1.165) is 54.2 Å². The summed E-state index contributed by atoms with van der Waals surface area (Å²) in [6.07, 6.45) is 7.66. The maximum Gasteiger partial charge on any atom is 0.124 e. The molecule has 3 nitrogen and oxygen atoms in total. The Hall–Kier alpha value is -1.57. The third-order valence-corrected chi connectivity index (χ3v) is 10.3. The van der Waals surface area contributed by atoms with Gasteiger partial charge < -0.3 is 5.11 Å². The molecular formula is C28H34N2OS3. The van der Waals surface area contributed by atoms with Gasteiger partial charge in [0.05, 0.1) is 4.88 Å². The normalized spacial score (nSPS) is 17.8. The van der Waals surface area contributed by atoms with E-state index in [4.69, 9.17) is 12.2 Å². The molecular weight excluding hydrogens is 477 g/mol. The summed E-state index contributed by atoms with van der Waals surface area (Å²) in [6, 6.07) is 13.2. The number of phenols is 1. The molecule has 0 aliphatic carbocycles. The molecule has 2 aliphatic rings. The van der Waals surface area contributed by atoms with Gasteiger partial charge in [0.25, 0.3) is 0 Å². The summed E-state index contributed by atoms with van der Waals surface area (Å²) in [4.78, 5) is 6.24. The molecule has 6 heteroatoms. The summed E-state index contributed by atoms with van der Waals surface area (Å²) in [7, 11) is 3.46. The largest absolute Gasteiger partial charge is 0.507 e. The first-order chi connectivity index (χ1) is 16.6. The van der Waals surface area contributed by atoms with Crippen molar-refractivity contribution in [3.8, 4) is 27.3 Å². The van der Waals surface area contributed by atoms with E-state index in [1.54, 1.807) is 20.7 Å². The van der Waals surface area contributed by atoms with Crippen LogP contribution < -0.4 is 0 Å². The third-order valence-electron chi connectivity index (χ3n) is 7.19. The topological polar surface area (TPSA) is 26.7 Å². The number of piperidine rings is 2. The first kappa shape index (κ1) is 24.1. The second-order valence-electron chi connectivity index (χ2n) is 9.84. The molecule has 2 aliphatic heterocycles. The Bertz CT molecular complexity index is 1130. The van der Waals surface area contributed by atoms with Crippen LogP contribution in [0.5, 0.6) is 5.75 Å². The number of rotatable bonds is 6. The molecule has 5 rings (SSSR count). The van der Waals surface area contributed by atoms with Crippen LogP contribution in [0.3, 0.4) is 0 Å². The summed E-state index contributed by atoms with van der Waals surface area (Å²) in [5.74, 6) is 0.496. The molecule has 0 spiro atoms. The van der Waals surface area contributed by atoms with Crippen molar-refractivity contribution < 1.29 is 5.11 Å². The maximum absolute atomic E-state index is 11.4. The van der Waals surface area contributed by atoms with Crippen molar-refractivity contribution in [2.45, 2.75) is 58.5 Å². The zero-order valence-electron chi connectivity index (χ0n) is 20.0. The Morgan fingerprint density at radius 2 is 1.29 bits per heavy atom. The quantitative estimate of drug-likeness (QED) is 0.270. The number of phenolic OH excluding ortho intramolecular Hbond substituents is 1. The predicted octanol–water partition coefficient (Wildman–Crippen LogP) is 7.86. The van der Waals surface area contributed by atoms with Crippen LogP contribution >= 0.6 is 32.9 Å². The Balaban J connectivity index is 1.56. The Morgan fingerprint density at radius 3 is 1.82 bits per heavy atom. The van der Waals surface area contributed by atoms with Crippen molar-refractivity contribution in [3.63, 3.8) is 0 Å². The van der Waals surface area contributed by atoms with Gasteiger partial charge in [0.2, 0.25) is 0 Å². The zero-order chi connectivity index (χ0) is 23.5. The van der Waals surface area contributed by atoms with Crippen molar-refractivity contribution in [1.29, 1.82) is 0 Å². The molecule has 1 aromatic heterocycles. The molecule has 3 aromatic rings. The van der Waals surface area contributed by atoms with Crippen LogP contribution in [-0.2, 0) is 13.1 Å². The molecule has 1 N–H and O–H groups in total. The van der Waals surface area contributed by atoms with Gasteiger partial charge in [0.15, 0.2) is 0 Å². The molecule has 2 saturated heterocycles. The number of aryl methyl sites for hydroxylation is 1. The van der Waals surface area contributed by atoms with Gasteiger partial charge in [-0.1, -0.05) is 75.6 Å². The van der Waals surface area contributed by atoms with Crippen molar-refractivity contribution in [3.05, 3.63) is 56.9 Å². The van der Waals surface area contributed by atoms with Crippen LogP contribution in [0.25, 0.3) is 21.6 Å². The minimum atomic E-state index is 0.496. The van der Waals surface area contributed by atoms with E-state index in [0.29, 0.717) is 5.75 Å². The van der Waals surface area contributed by atoms with Crippen molar-refractivity contribution in [1.82, 2.24) is 9.80 Å². The highest BCUT2D eigenvalue weighted by Crippen LogP contribution is 2.43. The second kappa shape index (κ2) is 11.0. The molecule has 0 unspecified atom stereocenters. The van der Waals surface area contributed by atoms with Crippen LogP contribution in [0.4, 0.5) is 0 Å². The van der Waals surface area contributed by atoms with Gasteiger partial charge in [0.1, 0.15) is 9.57 Å². The number of hydrogen-bond acceptors (Lipinski definition) is 6. The van der Waals surface area contributed by atoms with E-state index in [-0.39, 0.29) is 0 Å². The summed E-state index contributed by atoms with van der Waals surface area (Å²) in [5, 5.41) is 11.4. The molecule has 0 radical (unpaired) electrons. The van der Waals surface area contributed by atoms with Gasteiger partial charge in [-0.2, -0.15) is 0 Å². The first-order valence-electron chi connectivity index (χ1n) is 12.6. The number of hydrogen-bond donors (Lipinski definition) is 1. The monoisotopic (exact) mass is 510 g/mol. The standard InChI is InChI=1S/C28H34N2OS3/c1-20-8-10-21(11-9-20)25-27(33-34-28(25)32)22-16-23(18-29-12-4-2-5-13-29)26(31)24(17-22)19-30-14-6-3-7-15-30/h8-11,16-17,31H,2-7,12-15,18-19H2,1H3. The van der Waals surface area contributed by atoms with Gasteiger partial charge in [-0.3, -0.25) is 9.80 Å². The van der Waals surface area contributed by atoms with Crippen LogP contribution in [0.2, 0.25) is 0 Å². The lowest BCUT2D eigenvalue weighted by Crippen LogP contribution is -2.30. The van der Waals surface area contributed by atoms with Crippen LogP contribution in [0, 0.1) is 10.7 Å². The lowest BCUT2D eigenvalue weighted by atomic mass is 9.97. The Labute approximate surface area is 216 Å². The average Bonchev–Trinajstić information content (AvgIpc) is 3.24. The van der Waals surface area contributed by atoms with Crippen molar-refractivity contribution in [2.75, 3.05) is 26.2 Å². The fraction of sp³-hybridized carbons (Fsp3) is 0.464. The Kier molecular flexibility index (Phi) is 7.81. The van der Waals surface area contributed by atoms with Gasteiger partial charge in [-0.05, 0) is 82.0 Å². The smallest absolute Gasteiger partial charge is 0.124 e. The van der Waals surface area contributed by atoms with E-state index in [2.05, 4.69) is 53.1 Å². The lowest BCUT2D eigenvalue weighted by Gasteiger charge is -2.29. The molecule has 2 fully saturated rings. The van der Waals surface area contributed by atoms with Crippen molar-refractivity contribution in [2.24, 2.45) is 0 Å². The van der Waals surface area contributed by atoms with Crippen LogP contribution in [0.15, 0.2) is 36.4 Å². The van der Waals surface area contributed by atoms with E-state index >= 15 is 0 Å². The SMILES string of the molecule is Cc1ccc(-c2c(-c3cc(CN4CCCCC4)c(O)c(CN4CCCCC4)c3)ssc2=S)cc1. The molecule has 0 bridgehead atoms. The Morgan fingerprint density at radius 1 is 0.765 bits per heavy atom. The van der Waals surface area contributed by atoms with E-state index < -0.39 is 0 Å². The van der Waals surface area contributed by atoms with Gasteiger partial charge >= 0.3 is 0 Å². The third kappa shape index (κ3) is 5.47. The van der Waals surface area contributed by atoms with Gasteiger partial charge in [-0.25, -0.2) is 0 Å². The molecule has 3 heterocycles. The molecule has 2 aromatic carbocycles. The highest BCUT2D eigenvalue weighted by atomic mass is 32.9. The van der Waals surface area contributed by atoms with Crippen LogP contribution in [-0.4, -0.2) is 41.1 Å². The molecule has 34 heavy (non-hydrogen) atoms. The van der Waals surface area contributed by atoms with E-state index in [9.17, 15) is 5.11 Å². The molecule has 0 saturated carbocycles. The highest BCUT2D eigenvalue weighted by molar-refractivity contribution is 7.80. The zero-order valence-corrected chi connectivity index (χ0v) is 22.5. The number of benzene rings is 2. The second-order valence-corrected chi connectivity index (χ2v) is 12.7. The van der Waals surface area contributed by atoms with E-state index in [1.165, 1.54) is 65.7 Å². The molecule has 180 valence electrons. The predicted molar refractivity (Wildman–Crippen MR) is 149 cm³/mol. The summed E-state index contributed by atoms with van der Waals surface area (Å²) in [5.41, 5.74) is 6.93. The molecule has 0 amide bonds. The highest BCUT2D eigenvalue weighted by Gasteiger charge is 2.21. The number of aromatic hydroxyl groups is 1. The number of likely N-dealkylation sites (tertiary alicyclic amines) is 2. The lowest BCUT2D eigenvalue weighted by molar-refractivity contribution is 0.213. The van der Waals surface area contributed by atoms with Crippen molar-refractivity contribution >= 4 is 32.9 Å². The van der Waals surface area contributed by atoms with Crippen LogP contribution in [0.1, 0.15) is 55.2 Å². The van der Waals surface area contributed by atoms with Gasteiger partial charge in [0, 0.05) is 29.8 Å². The summed E-state index contributed by atoms with van der Waals surface area (Å²) < 4.78 is 0.951. The minimum Gasteiger partial charge on any atom is -0.507 e. The maximum atomic E-state index is 11.4. The fourth-order valence-electron chi connectivity index (χ4n) is 5.27.